The maximum atomic E-state index is 12.8. The van der Waals surface area contributed by atoms with Crippen LogP contribution in [0.1, 0.15) is 30.1 Å². The third-order valence-electron chi connectivity index (χ3n) is 7.32. The number of sulfonamides is 1. The average molecular weight is 694 g/mol. The quantitative estimate of drug-likeness (QED) is 0.111. The first-order valence-corrected chi connectivity index (χ1v) is 17.2. The lowest BCUT2D eigenvalue weighted by Gasteiger charge is -2.27. The Morgan fingerprint density at radius 2 is 1.55 bits per heavy atom. The van der Waals surface area contributed by atoms with Gasteiger partial charge in [-0.2, -0.15) is 0 Å². The van der Waals surface area contributed by atoms with E-state index < -0.39 is 10.0 Å². The summed E-state index contributed by atoms with van der Waals surface area (Å²) in [4.78, 5) is 28.6. The minimum absolute atomic E-state index is 0.0183. The molecule has 5 N–H and O–H groups in total. The Labute approximate surface area is 281 Å². The van der Waals surface area contributed by atoms with Crippen molar-refractivity contribution in [3.63, 3.8) is 0 Å². The molecule has 0 aromatic heterocycles. The van der Waals surface area contributed by atoms with Crippen LogP contribution in [-0.2, 0) is 25.9 Å². The van der Waals surface area contributed by atoms with Crippen molar-refractivity contribution in [1.29, 1.82) is 0 Å². The molecule has 0 spiro atoms. The van der Waals surface area contributed by atoms with E-state index in [0.717, 1.165) is 24.0 Å². The highest BCUT2D eigenvalue weighted by molar-refractivity contribution is 7.89. The molecular formula is C31H44ClN7O7S. The Bertz CT molecular complexity index is 1470. The number of nitrogens with zero attached hydrogens (tertiary/aromatic N) is 2. The summed E-state index contributed by atoms with van der Waals surface area (Å²) in [5, 5.41) is 11.0. The summed E-state index contributed by atoms with van der Waals surface area (Å²) >= 11 is 6.29. The number of rotatable bonds is 19. The maximum absolute atomic E-state index is 12.8. The lowest BCUT2D eigenvalue weighted by Crippen LogP contribution is -2.38. The van der Waals surface area contributed by atoms with E-state index in [4.69, 9.17) is 32.4 Å². The molecule has 258 valence electrons. The second-order valence-electron chi connectivity index (χ2n) is 10.9. The highest BCUT2D eigenvalue weighted by Gasteiger charge is 2.37. The minimum Gasteiger partial charge on any atom is -0.484 e. The van der Waals surface area contributed by atoms with Crippen LogP contribution in [0.2, 0.25) is 5.02 Å². The van der Waals surface area contributed by atoms with Crippen LogP contribution < -0.4 is 30.7 Å². The SMILES string of the molecule is [C-]#[N+]c1cc(Cl)cc2c1C[C@H](N(C)C)[C@H]2Oc1ccc(S(=O)(=O)NCCOCCOCCNC(=O)NCCCCNC(=O)NC)cc1. The van der Waals surface area contributed by atoms with Crippen LogP contribution in [0.5, 0.6) is 5.75 Å². The van der Waals surface area contributed by atoms with Crippen molar-refractivity contribution in [2.45, 2.75) is 36.3 Å². The van der Waals surface area contributed by atoms with Crippen molar-refractivity contribution >= 4 is 39.4 Å². The van der Waals surface area contributed by atoms with Gasteiger partial charge in [-0.05, 0) is 80.9 Å². The van der Waals surface area contributed by atoms with Crippen LogP contribution in [0.4, 0.5) is 15.3 Å². The summed E-state index contributed by atoms with van der Waals surface area (Å²) in [6.45, 7) is 9.99. The Morgan fingerprint density at radius 3 is 2.17 bits per heavy atom. The van der Waals surface area contributed by atoms with E-state index >= 15 is 0 Å². The fourth-order valence-electron chi connectivity index (χ4n) is 4.88. The van der Waals surface area contributed by atoms with Crippen molar-refractivity contribution in [2.75, 3.05) is 73.7 Å². The molecule has 0 heterocycles. The predicted octanol–water partition coefficient (Wildman–Crippen LogP) is 2.82. The first-order chi connectivity index (χ1) is 22.6. The lowest BCUT2D eigenvalue weighted by molar-refractivity contribution is 0.0516. The van der Waals surface area contributed by atoms with Gasteiger partial charge in [0.2, 0.25) is 10.0 Å². The van der Waals surface area contributed by atoms with Gasteiger partial charge in [-0.1, -0.05) is 11.6 Å². The number of amides is 4. The van der Waals surface area contributed by atoms with Crippen LogP contribution in [0.15, 0.2) is 41.3 Å². The third-order valence-corrected chi connectivity index (χ3v) is 9.02. The maximum Gasteiger partial charge on any atom is 0.314 e. The van der Waals surface area contributed by atoms with E-state index in [-0.39, 0.29) is 48.9 Å². The molecule has 2 aromatic carbocycles. The number of halogens is 1. The van der Waals surface area contributed by atoms with Crippen LogP contribution in [0.3, 0.4) is 0 Å². The number of likely N-dealkylation sites (N-methyl/N-ethyl adjacent to an activating group) is 1. The molecule has 0 radical (unpaired) electrons. The van der Waals surface area contributed by atoms with Crippen LogP contribution in [-0.4, -0.2) is 105 Å². The van der Waals surface area contributed by atoms with Gasteiger partial charge in [-0.15, -0.1) is 0 Å². The number of hydrogen-bond donors (Lipinski definition) is 5. The smallest absolute Gasteiger partial charge is 0.314 e. The normalized spacial score (nSPS) is 15.5. The van der Waals surface area contributed by atoms with Gasteiger partial charge in [0, 0.05) is 38.2 Å². The molecule has 4 amide bonds. The van der Waals surface area contributed by atoms with Gasteiger partial charge >= 0.3 is 12.1 Å². The molecule has 0 bridgehead atoms. The Kier molecular flexibility index (Phi) is 15.5. The summed E-state index contributed by atoms with van der Waals surface area (Å²) < 4.78 is 45.2. The Balaban J connectivity index is 1.30. The van der Waals surface area contributed by atoms with Gasteiger partial charge in [-0.25, -0.2) is 27.6 Å². The standard InChI is InChI=1S/C31H44ClN7O7S/c1-33-27-20-22(32)19-26-25(27)21-28(39(3)4)29(26)46-23-7-9-24(10-8-23)47(42,43)38-14-16-45-18-17-44-15-13-37-31(41)36-12-6-5-11-35-30(40)34-2/h7-10,19-20,28-29,38H,5-6,11-18,21H2,2-4H3,(H2,34,35,40)(H2,36,37,41)/t28-,29-/m0/s1. The number of carbonyl (C=O) groups is 2. The van der Waals surface area contributed by atoms with Gasteiger partial charge in [0.25, 0.3) is 0 Å². The number of benzene rings is 2. The first-order valence-electron chi connectivity index (χ1n) is 15.3. The zero-order valence-corrected chi connectivity index (χ0v) is 28.5. The lowest BCUT2D eigenvalue weighted by atomic mass is 10.1. The number of unbranched alkanes of at least 4 members (excludes halogenated alkanes) is 1. The Hall–Kier alpha value is -3.65. The monoisotopic (exact) mass is 693 g/mol. The van der Waals surface area contributed by atoms with Gasteiger partial charge in [0.1, 0.15) is 11.9 Å². The molecule has 0 fully saturated rings. The zero-order chi connectivity index (χ0) is 34.2. The van der Waals surface area contributed by atoms with Crippen LogP contribution in [0.25, 0.3) is 4.85 Å². The molecule has 2 aromatic rings. The summed E-state index contributed by atoms with van der Waals surface area (Å²) in [6.07, 6.45) is 1.76. The van der Waals surface area contributed by atoms with Crippen LogP contribution in [0, 0.1) is 6.57 Å². The van der Waals surface area contributed by atoms with E-state index in [1.807, 2.05) is 25.1 Å². The van der Waals surface area contributed by atoms with Gasteiger partial charge in [0.15, 0.2) is 5.69 Å². The van der Waals surface area contributed by atoms with E-state index in [1.54, 1.807) is 25.2 Å². The number of urea groups is 2. The molecule has 16 heteroatoms. The molecule has 0 aliphatic heterocycles. The molecular weight excluding hydrogens is 650 g/mol. The average Bonchev–Trinajstić information content (AvgIpc) is 3.41. The van der Waals surface area contributed by atoms with Crippen molar-refractivity contribution in [2.24, 2.45) is 0 Å². The van der Waals surface area contributed by atoms with Gasteiger partial charge in [-0.3, -0.25) is 0 Å². The number of ether oxygens (including phenoxy) is 3. The molecule has 1 aliphatic carbocycles. The van der Waals surface area contributed by atoms with Gasteiger partial charge < -0.3 is 40.4 Å². The number of fused-ring (bicyclic) bond motifs is 1. The predicted molar refractivity (Wildman–Crippen MR) is 179 cm³/mol. The second kappa shape index (κ2) is 19.2. The third kappa shape index (κ3) is 12.1. The molecule has 14 nitrogen and oxygen atoms in total. The number of hydrogen-bond acceptors (Lipinski definition) is 8. The van der Waals surface area contributed by atoms with E-state index in [0.29, 0.717) is 55.7 Å². The summed E-state index contributed by atoms with van der Waals surface area (Å²) in [5.74, 6) is 0.501. The number of nitrogens with one attached hydrogen (secondary N) is 5. The topological polar surface area (TPSA) is 164 Å². The fraction of sp³-hybridized carbons (Fsp3) is 0.516. The molecule has 3 rings (SSSR count). The van der Waals surface area contributed by atoms with Crippen molar-refractivity contribution in [3.05, 3.63) is 64.0 Å². The minimum atomic E-state index is -3.76. The van der Waals surface area contributed by atoms with Crippen molar-refractivity contribution in [3.8, 4) is 5.75 Å². The van der Waals surface area contributed by atoms with Crippen molar-refractivity contribution in [1.82, 2.24) is 30.9 Å². The van der Waals surface area contributed by atoms with Crippen molar-refractivity contribution < 1.29 is 32.2 Å². The summed E-state index contributed by atoms with van der Waals surface area (Å²) in [5.41, 5.74) is 2.30. The Morgan fingerprint density at radius 1 is 0.936 bits per heavy atom. The summed E-state index contributed by atoms with van der Waals surface area (Å²) in [7, 11) is 1.69. The highest BCUT2D eigenvalue weighted by atomic mass is 35.5. The van der Waals surface area contributed by atoms with Crippen LogP contribution >= 0.6 is 11.6 Å². The van der Waals surface area contributed by atoms with E-state index in [1.165, 1.54) is 12.1 Å². The molecule has 0 saturated heterocycles. The molecule has 47 heavy (non-hydrogen) atoms. The summed E-state index contributed by atoms with van der Waals surface area (Å²) in [6, 6.07) is 9.15. The first kappa shape index (κ1) is 37.8. The highest BCUT2D eigenvalue weighted by Crippen LogP contribution is 2.43. The van der Waals surface area contributed by atoms with E-state index in [2.05, 4.69) is 30.8 Å². The molecule has 1 aliphatic rings. The zero-order valence-electron chi connectivity index (χ0n) is 26.9. The fourth-order valence-corrected chi connectivity index (χ4v) is 6.11. The number of carbonyl (C=O) groups excluding carboxylic acids is 2. The van der Waals surface area contributed by atoms with E-state index in [9.17, 15) is 18.0 Å². The molecule has 2 atom stereocenters. The molecule has 0 unspecified atom stereocenters. The molecule has 0 saturated carbocycles. The largest absolute Gasteiger partial charge is 0.484 e. The van der Waals surface area contributed by atoms with Gasteiger partial charge in [0.05, 0.1) is 43.9 Å². The second-order valence-corrected chi connectivity index (χ2v) is 13.1.